The first kappa shape index (κ1) is 17.1. The van der Waals surface area contributed by atoms with Gasteiger partial charge in [-0.2, -0.15) is 0 Å². The van der Waals surface area contributed by atoms with Gasteiger partial charge in [0.15, 0.2) is 5.82 Å². The van der Waals surface area contributed by atoms with Crippen molar-refractivity contribution in [1.82, 2.24) is 15.0 Å². The summed E-state index contributed by atoms with van der Waals surface area (Å²) in [5, 5.41) is 4.06. The Balaban J connectivity index is 1.91. The van der Waals surface area contributed by atoms with Gasteiger partial charge in [0, 0.05) is 27.8 Å². The number of hydrogen-bond donors (Lipinski definition) is 2. The second-order valence-corrected chi connectivity index (χ2v) is 6.75. The molecule has 0 aliphatic carbocycles. The number of nitrogens with zero attached hydrogens (tertiary/aromatic N) is 3. The minimum atomic E-state index is -0.509. The van der Waals surface area contributed by atoms with E-state index in [0.29, 0.717) is 22.9 Å². The Morgan fingerprint density at radius 3 is 2.67 bits per heavy atom. The van der Waals surface area contributed by atoms with Crippen LogP contribution in [0.1, 0.15) is 10.4 Å². The minimum Gasteiger partial charge on any atom is -0.366 e. The molecule has 7 heteroatoms. The standard InChI is InChI=1S/C20H14BrN5O/c21-13-7-8-17-15(10-13)20(25-16-6-2-1-5-14(16)18(22)27)26-19(24-17)12-4-3-9-23-11-12/h1-11H,(H2,22,27)(H,24,25,26). The van der Waals surface area contributed by atoms with Crippen LogP contribution in [0.15, 0.2) is 71.5 Å². The molecule has 4 rings (SSSR count). The predicted molar refractivity (Wildman–Crippen MR) is 109 cm³/mol. The van der Waals surface area contributed by atoms with E-state index in [2.05, 4.69) is 36.2 Å². The molecule has 4 aromatic rings. The number of anilines is 2. The van der Waals surface area contributed by atoms with Crippen LogP contribution in [-0.4, -0.2) is 20.9 Å². The van der Waals surface area contributed by atoms with Crippen molar-refractivity contribution in [1.29, 1.82) is 0 Å². The van der Waals surface area contributed by atoms with Crippen LogP contribution in [0.3, 0.4) is 0 Å². The van der Waals surface area contributed by atoms with Gasteiger partial charge in [0.1, 0.15) is 5.82 Å². The molecule has 0 saturated heterocycles. The number of hydrogen-bond acceptors (Lipinski definition) is 5. The molecule has 132 valence electrons. The molecule has 0 atom stereocenters. The molecule has 0 bridgehead atoms. The number of nitrogens with two attached hydrogens (primary N) is 1. The molecule has 27 heavy (non-hydrogen) atoms. The average molecular weight is 420 g/mol. The Bertz CT molecular complexity index is 1150. The maximum absolute atomic E-state index is 11.8. The zero-order valence-corrected chi connectivity index (χ0v) is 15.6. The molecule has 2 heterocycles. The summed E-state index contributed by atoms with van der Waals surface area (Å²) >= 11 is 3.49. The monoisotopic (exact) mass is 419 g/mol. The number of pyridine rings is 1. The SMILES string of the molecule is NC(=O)c1ccccc1Nc1nc(-c2cccnc2)nc2ccc(Br)cc12. The maximum atomic E-state index is 11.8. The number of rotatable bonds is 4. The van der Waals surface area contributed by atoms with E-state index in [4.69, 9.17) is 5.73 Å². The molecule has 0 radical (unpaired) electrons. The molecule has 0 unspecified atom stereocenters. The van der Waals surface area contributed by atoms with E-state index < -0.39 is 5.91 Å². The van der Waals surface area contributed by atoms with Crippen LogP contribution in [0.5, 0.6) is 0 Å². The van der Waals surface area contributed by atoms with Crippen LogP contribution in [0.25, 0.3) is 22.3 Å². The fourth-order valence-corrected chi connectivity index (χ4v) is 3.12. The van der Waals surface area contributed by atoms with Crippen molar-refractivity contribution < 1.29 is 4.79 Å². The molecule has 1 amide bonds. The van der Waals surface area contributed by atoms with E-state index >= 15 is 0 Å². The van der Waals surface area contributed by atoms with E-state index in [1.807, 2.05) is 36.4 Å². The van der Waals surface area contributed by atoms with Gasteiger partial charge in [-0.25, -0.2) is 9.97 Å². The normalized spacial score (nSPS) is 10.7. The first-order chi connectivity index (χ1) is 13.1. The lowest BCUT2D eigenvalue weighted by Crippen LogP contribution is -2.13. The third-order valence-electron chi connectivity index (χ3n) is 4.02. The van der Waals surface area contributed by atoms with Crippen molar-refractivity contribution in [2.75, 3.05) is 5.32 Å². The van der Waals surface area contributed by atoms with Gasteiger partial charge in [-0.05, 0) is 42.5 Å². The van der Waals surface area contributed by atoms with E-state index in [0.717, 1.165) is 20.9 Å². The molecule has 0 aliphatic rings. The van der Waals surface area contributed by atoms with Crippen molar-refractivity contribution in [3.8, 4) is 11.4 Å². The number of carbonyl (C=O) groups is 1. The minimum absolute atomic E-state index is 0.391. The van der Waals surface area contributed by atoms with Crippen LogP contribution in [0.2, 0.25) is 0 Å². The summed E-state index contributed by atoms with van der Waals surface area (Å²) in [6, 6.07) is 16.5. The molecular weight excluding hydrogens is 406 g/mol. The van der Waals surface area contributed by atoms with Crippen LogP contribution >= 0.6 is 15.9 Å². The number of primary amides is 1. The number of benzene rings is 2. The van der Waals surface area contributed by atoms with Gasteiger partial charge in [-0.15, -0.1) is 0 Å². The largest absolute Gasteiger partial charge is 0.366 e. The summed E-state index contributed by atoms with van der Waals surface area (Å²) < 4.78 is 0.902. The van der Waals surface area contributed by atoms with Crippen molar-refractivity contribution >= 4 is 44.2 Å². The number of fused-ring (bicyclic) bond motifs is 1. The van der Waals surface area contributed by atoms with Crippen molar-refractivity contribution in [2.24, 2.45) is 5.73 Å². The van der Waals surface area contributed by atoms with Gasteiger partial charge >= 0.3 is 0 Å². The summed E-state index contributed by atoms with van der Waals surface area (Å²) in [6.45, 7) is 0. The quantitative estimate of drug-likeness (QED) is 0.514. The lowest BCUT2D eigenvalue weighted by molar-refractivity contribution is 0.100. The highest BCUT2D eigenvalue weighted by atomic mass is 79.9. The molecule has 2 aromatic heterocycles. The zero-order chi connectivity index (χ0) is 18.8. The molecule has 0 aliphatic heterocycles. The smallest absolute Gasteiger partial charge is 0.250 e. The fraction of sp³-hybridized carbons (Fsp3) is 0. The second-order valence-electron chi connectivity index (χ2n) is 5.83. The van der Waals surface area contributed by atoms with Crippen LogP contribution in [-0.2, 0) is 0 Å². The van der Waals surface area contributed by atoms with Gasteiger partial charge in [-0.3, -0.25) is 9.78 Å². The average Bonchev–Trinajstić information content (AvgIpc) is 2.69. The van der Waals surface area contributed by atoms with Gasteiger partial charge in [0.25, 0.3) is 5.91 Å². The Labute approximate surface area is 163 Å². The molecule has 6 nitrogen and oxygen atoms in total. The Hall–Kier alpha value is -3.32. The second kappa shape index (κ2) is 7.13. The maximum Gasteiger partial charge on any atom is 0.250 e. The van der Waals surface area contributed by atoms with Crippen LogP contribution in [0, 0.1) is 0 Å². The number of carbonyl (C=O) groups excluding carboxylic acids is 1. The summed E-state index contributed by atoms with van der Waals surface area (Å²) in [6.07, 6.45) is 3.41. The third kappa shape index (κ3) is 3.50. The Morgan fingerprint density at radius 1 is 1.04 bits per heavy atom. The number of aromatic nitrogens is 3. The highest BCUT2D eigenvalue weighted by Gasteiger charge is 2.13. The predicted octanol–water partition coefficient (Wildman–Crippen LogP) is 4.30. The van der Waals surface area contributed by atoms with E-state index in [9.17, 15) is 4.79 Å². The summed E-state index contributed by atoms with van der Waals surface area (Å²) in [7, 11) is 0. The van der Waals surface area contributed by atoms with Gasteiger partial charge in [0.2, 0.25) is 0 Å². The summed E-state index contributed by atoms with van der Waals surface area (Å²) in [5.41, 5.74) is 8.04. The topological polar surface area (TPSA) is 93.8 Å². The first-order valence-corrected chi connectivity index (χ1v) is 8.95. The van der Waals surface area contributed by atoms with Crippen molar-refractivity contribution in [3.05, 3.63) is 77.0 Å². The summed E-state index contributed by atoms with van der Waals surface area (Å²) in [4.78, 5) is 25.2. The highest BCUT2D eigenvalue weighted by Crippen LogP contribution is 2.30. The van der Waals surface area contributed by atoms with Crippen LogP contribution < -0.4 is 11.1 Å². The lowest BCUT2D eigenvalue weighted by Gasteiger charge is -2.13. The molecule has 0 saturated carbocycles. The molecule has 0 fully saturated rings. The lowest BCUT2D eigenvalue weighted by atomic mass is 10.1. The molecule has 2 aromatic carbocycles. The Morgan fingerprint density at radius 2 is 1.89 bits per heavy atom. The van der Waals surface area contributed by atoms with Crippen molar-refractivity contribution in [2.45, 2.75) is 0 Å². The first-order valence-electron chi connectivity index (χ1n) is 8.15. The Kier molecular flexibility index (Phi) is 4.52. The van der Waals surface area contributed by atoms with Gasteiger partial charge in [-0.1, -0.05) is 28.1 Å². The van der Waals surface area contributed by atoms with Crippen molar-refractivity contribution in [3.63, 3.8) is 0 Å². The number of amides is 1. The number of nitrogens with one attached hydrogen (secondary N) is 1. The van der Waals surface area contributed by atoms with E-state index in [-0.39, 0.29) is 0 Å². The highest BCUT2D eigenvalue weighted by molar-refractivity contribution is 9.10. The number of para-hydroxylation sites is 1. The summed E-state index contributed by atoms with van der Waals surface area (Å²) in [5.74, 6) is 0.607. The van der Waals surface area contributed by atoms with Gasteiger partial charge < -0.3 is 11.1 Å². The van der Waals surface area contributed by atoms with Crippen LogP contribution in [0.4, 0.5) is 11.5 Å². The molecule has 0 spiro atoms. The molecule has 3 N–H and O–H groups in total. The fourth-order valence-electron chi connectivity index (χ4n) is 2.75. The van der Waals surface area contributed by atoms with E-state index in [1.54, 1.807) is 30.6 Å². The number of halogens is 1. The van der Waals surface area contributed by atoms with E-state index in [1.165, 1.54) is 0 Å². The zero-order valence-electron chi connectivity index (χ0n) is 14.1. The third-order valence-corrected chi connectivity index (χ3v) is 4.52. The van der Waals surface area contributed by atoms with Gasteiger partial charge in [0.05, 0.1) is 16.8 Å². The molecular formula is C20H14BrN5O.